The summed E-state index contributed by atoms with van der Waals surface area (Å²) in [6, 6.07) is 3.36. The largest absolute Gasteiger partial charge is 0.493 e. The van der Waals surface area contributed by atoms with Gasteiger partial charge in [-0.05, 0) is 25.5 Å². The summed E-state index contributed by atoms with van der Waals surface area (Å²) in [5, 5.41) is 0. The van der Waals surface area contributed by atoms with Gasteiger partial charge in [0.05, 0.1) is 26.4 Å². The molecule has 0 saturated carbocycles. The minimum atomic E-state index is -0.896. The Morgan fingerprint density at radius 2 is 1.83 bits per heavy atom. The quantitative estimate of drug-likeness (QED) is 0.454. The van der Waals surface area contributed by atoms with Gasteiger partial charge in [0.25, 0.3) is 5.78 Å². The summed E-state index contributed by atoms with van der Waals surface area (Å²) in [7, 11) is 2.88. The number of ether oxygens (including phenoxy) is 3. The van der Waals surface area contributed by atoms with Gasteiger partial charge in [-0.2, -0.15) is 0 Å². The predicted octanol–water partition coefficient (Wildman–Crippen LogP) is 1.76. The normalized spacial score (nSPS) is 9.78. The zero-order chi connectivity index (χ0) is 13.7. The first-order chi connectivity index (χ1) is 8.56. The van der Waals surface area contributed by atoms with E-state index >= 15 is 0 Å². The van der Waals surface area contributed by atoms with Crippen molar-refractivity contribution in [2.75, 3.05) is 20.8 Å². The number of hydrogen-bond acceptors (Lipinski definition) is 5. The van der Waals surface area contributed by atoms with Crippen molar-refractivity contribution < 1.29 is 23.8 Å². The summed E-state index contributed by atoms with van der Waals surface area (Å²) in [5.74, 6) is -0.983. The molecule has 0 heterocycles. The molecule has 0 bridgehead atoms. The highest BCUT2D eigenvalue weighted by Gasteiger charge is 2.25. The van der Waals surface area contributed by atoms with Gasteiger partial charge in [-0.15, -0.1) is 0 Å². The van der Waals surface area contributed by atoms with Crippen LogP contribution in [-0.4, -0.2) is 32.6 Å². The van der Waals surface area contributed by atoms with Gasteiger partial charge in [-0.1, -0.05) is 6.07 Å². The molecule has 0 aliphatic heterocycles. The molecule has 1 rings (SSSR count). The van der Waals surface area contributed by atoms with E-state index in [9.17, 15) is 9.59 Å². The lowest BCUT2D eigenvalue weighted by Crippen LogP contribution is -2.19. The molecule has 0 aliphatic rings. The fraction of sp³-hybridized carbons (Fsp3) is 0.385. The molecule has 0 N–H and O–H groups in total. The van der Waals surface area contributed by atoms with Crippen LogP contribution in [0.1, 0.15) is 22.8 Å². The molecule has 0 aromatic heterocycles. The molecule has 0 fully saturated rings. The number of Topliss-reactive ketones (excluding diaryl/α,β-unsaturated/α-hetero) is 1. The summed E-state index contributed by atoms with van der Waals surface area (Å²) in [4.78, 5) is 23.5. The van der Waals surface area contributed by atoms with E-state index in [2.05, 4.69) is 0 Å². The van der Waals surface area contributed by atoms with Crippen LogP contribution < -0.4 is 9.47 Å². The van der Waals surface area contributed by atoms with Gasteiger partial charge in [0.15, 0.2) is 11.5 Å². The Balaban J connectivity index is 3.29. The molecular weight excluding hydrogens is 236 g/mol. The van der Waals surface area contributed by atoms with E-state index in [4.69, 9.17) is 14.2 Å². The van der Waals surface area contributed by atoms with Gasteiger partial charge in [0.2, 0.25) is 0 Å². The first-order valence-electron chi connectivity index (χ1n) is 5.49. The molecule has 0 atom stereocenters. The molecule has 1 aromatic carbocycles. The predicted molar refractivity (Wildman–Crippen MR) is 65.2 cm³/mol. The smallest absolute Gasteiger partial charge is 0.379 e. The maximum Gasteiger partial charge on any atom is 0.379 e. The van der Waals surface area contributed by atoms with Crippen LogP contribution in [0.15, 0.2) is 12.1 Å². The Bertz CT molecular complexity index is 465. The number of benzene rings is 1. The summed E-state index contributed by atoms with van der Waals surface area (Å²) in [6.07, 6.45) is 0. The minimum absolute atomic E-state index is 0.149. The number of carbonyl (C=O) groups excluding carboxylic acids is 2. The second-order valence-electron chi connectivity index (χ2n) is 3.54. The number of hydrogen-bond donors (Lipinski definition) is 0. The lowest BCUT2D eigenvalue weighted by Gasteiger charge is -2.13. The number of rotatable bonds is 5. The molecule has 0 spiro atoms. The molecule has 0 unspecified atom stereocenters. The summed E-state index contributed by atoms with van der Waals surface area (Å²) in [5.41, 5.74) is 0.806. The molecule has 5 heteroatoms. The Morgan fingerprint density at radius 1 is 1.17 bits per heavy atom. The third kappa shape index (κ3) is 2.61. The van der Waals surface area contributed by atoms with E-state index in [1.54, 1.807) is 26.0 Å². The van der Waals surface area contributed by atoms with Crippen molar-refractivity contribution in [1.29, 1.82) is 0 Å². The molecule has 1 aromatic rings. The topological polar surface area (TPSA) is 61.8 Å². The Hall–Kier alpha value is -2.04. The average molecular weight is 252 g/mol. The van der Waals surface area contributed by atoms with Crippen LogP contribution in [-0.2, 0) is 9.53 Å². The summed E-state index contributed by atoms with van der Waals surface area (Å²) >= 11 is 0. The molecule has 5 nitrogen and oxygen atoms in total. The van der Waals surface area contributed by atoms with Crippen LogP contribution in [0.5, 0.6) is 11.5 Å². The fourth-order valence-corrected chi connectivity index (χ4v) is 1.61. The van der Waals surface area contributed by atoms with Crippen molar-refractivity contribution in [2.24, 2.45) is 0 Å². The number of ketones is 1. The standard InChI is InChI=1S/C13H16O5/c1-5-18-13(15)11(14)10-8(2)6-7-9(16-3)12(10)17-4/h6-7H,5H2,1-4H3. The van der Waals surface area contributed by atoms with Gasteiger partial charge < -0.3 is 14.2 Å². The van der Waals surface area contributed by atoms with Gasteiger partial charge in [-0.3, -0.25) is 4.79 Å². The van der Waals surface area contributed by atoms with E-state index in [1.165, 1.54) is 14.2 Å². The molecule has 0 aliphatic carbocycles. The number of esters is 1. The van der Waals surface area contributed by atoms with E-state index in [0.717, 1.165) is 0 Å². The van der Waals surface area contributed by atoms with Crippen molar-refractivity contribution >= 4 is 11.8 Å². The van der Waals surface area contributed by atoms with Crippen LogP contribution in [0, 0.1) is 6.92 Å². The highest BCUT2D eigenvalue weighted by atomic mass is 16.5. The molecule has 18 heavy (non-hydrogen) atoms. The molecule has 98 valence electrons. The lowest BCUT2D eigenvalue weighted by atomic mass is 10.0. The van der Waals surface area contributed by atoms with E-state index in [1.807, 2.05) is 0 Å². The number of methoxy groups -OCH3 is 2. The van der Waals surface area contributed by atoms with Gasteiger partial charge >= 0.3 is 5.97 Å². The van der Waals surface area contributed by atoms with Crippen LogP contribution in [0.2, 0.25) is 0 Å². The fourth-order valence-electron chi connectivity index (χ4n) is 1.61. The number of aryl methyl sites for hydroxylation is 1. The van der Waals surface area contributed by atoms with Crippen molar-refractivity contribution in [2.45, 2.75) is 13.8 Å². The monoisotopic (exact) mass is 252 g/mol. The SMILES string of the molecule is CCOC(=O)C(=O)c1c(C)ccc(OC)c1OC. The van der Waals surface area contributed by atoms with Crippen molar-refractivity contribution in [3.63, 3.8) is 0 Å². The summed E-state index contributed by atoms with van der Waals surface area (Å²) in [6.45, 7) is 3.51. The first kappa shape index (κ1) is 14.0. The zero-order valence-corrected chi connectivity index (χ0v) is 10.9. The van der Waals surface area contributed by atoms with Crippen LogP contribution in [0.25, 0.3) is 0 Å². The molecule has 0 radical (unpaired) electrons. The molecule has 0 amide bonds. The van der Waals surface area contributed by atoms with Crippen molar-refractivity contribution in [3.05, 3.63) is 23.3 Å². The summed E-state index contributed by atoms with van der Waals surface area (Å²) < 4.78 is 14.9. The highest BCUT2D eigenvalue weighted by molar-refractivity contribution is 6.41. The second kappa shape index (κ2) is 6.05. The minimum Gasteiger partial charge on any atom is -0.493 e. The van der Waals surface area contributed by atoms with Crippen LogP contribution in [0.4, 0.5) is 0 Å². The van der Waals surface area contributed by atoms with Crippen LogP contribution >= 0.6 is 0 Å². The average Bonchev–Trinajstić information content (AvgIpc) is 2.37. The molecule has 0 saturated heterocycles. The maximum absolute atomic E-state index is 12.0. The Kier molecular flexibility index (Phi) is 4.71. The Morgan fingerprint density at radius 3 is 2.33 bits per heavy atom. The van der Waals surface area contributed by atoms with E-state index < -0.39 is 11.8 Å². The second-order valence-corrected chi connectivity index (χ2v) is 3.54. The zero-order valence-electron chi connectivity index (χ0n) is 10.9. The van der Waals surface area contributed by atoms with Gasteiger partial charge in [0, 0.05) is 0 Å². The van der Waals surface area contributed by atoms with E-state index in [0.29, 0.717) is 11.3 Å². The van der Waals surface area contributed by atoms with E-state index in [-0.39, 0.29) is 17.9 Å². The van der Waals surface area contributed by atoms with Crippen molar-refractivity contribution in [3.8, 4) is 11.5 Å². The van der Waals surface area contributed by atoms with Gasteiger partial charge in [0.1, 0.15) is 0 Å². The molecular formula is C13H16O5. The van der Waals surface area contributed by atoms with Crippen molar-refractivity contribution in [1.82, 2.24) is 0 Å². The maximum atomic E-state index is 12.0. The third-order valence-corrected chi connectivity index (χ3v) is 2.44. The Labute approximate surface area is 106 Å². The highest BCUT2D eigenvalue weighted by Crippen LogP contribution is 2.33. The first-order valence-corrected chi connectivity index (χ1v) is 5.49. The van der Waals surface area contributed by atoms with Gasteiger partial charge in [-0.25, -0.2) is 4.79 Å². The third-order valence-electron chi connectivity index (χ3n) is 2.44. The van der Waals surface area contributed by atoms with Crippen LogP contribution in [0.3, 0.4) is 0 Å². The lowest BCUT2D eigenvalue weighted by molar-refractivity contribution is -0.137. The number of carbonyl (C=O) groups is 2.